The van der Waals surface area contributed by atoms with Crippen LogP contribution in [-0.2, 0) is 9.53 Å². The Morgan fingerprint density at radius 2 is 1.66 bits per heavy atom. The lowest BCUT2D eigenvalue weighted by molar-refractivity contribution is -0.119. The van der Waals surface area contributed by atoms with Crippen molar-refractivity contribution in [1.29, 1.82) is 0 Å². The number of hydrogen-bond acceptors (Lipinski definition) is 6. The molecule has 2 aromatic carbocycles. The summed E-state index contributed by atoms with van der Waals surface area (Å²) in [6, 6.07) is 15.8. The summed E-state index contributed by atoms with van der Waals surface area (Å²) in [7, 11) is 2.15. The zero-order valence-corrected chi connectivity index (χ0v) is 20.8. The van der Waals surface area contributed by atoms with Crippen LogP contribution in [0.5, 0.6) is 0 Å². The molecule has 2 saturated heterocycles. The first-order chi connectivity index (χ1) is 16.8. The minimum Gasteiger partial charge on any atom is -0.442 e. The number of anilines is 1. The van der Waals surface area contributed by atoms with Crippen LogP contribution in [0.2, 0.25) is 0 Å². The number of hydrogen-bond donors (Lipinski definition) is 2. The van der Waals surface area contributed by atoms with Crippen LogP contribution in [-0.4, -0.2) is 85.9 Å². The van der Waals surface area contributed by atoms with Crippen molar-refractivity contribution in [2.45, 2.75) is 26.1 Å². The molecule has 0 bridgehead atoms. The van der Waals surface area contributed by atoms with E-state index in [1.54, 1.807) is 4.90 Å². The second kappa shape index (κ2) is 11.2. The number of rotatable bonds is 8. The maximum Gasteiger partial charge on any atom is 0.414 e. The second-order valence-electron chi connectivity index (χ2n) is 9.75. The number of likely N-dealkylation sites (N-methyl/N-ethyl adjacent to an activating group) is 1. The first-order valence-electron chi connectivity index (χ1n) is 12.3. The first-order valence-corrected chi connectivity index (χ1v) is 12.3. The fourth-order valence-corrected chi connectivity index (χ4v) is 4.67. The largest absolute Gasteiger partial charge is 0.442 e. The lowest BCUT2D eigenvalue weighted by atomic mass is 9.94. The van der Waals surface area contributed by atoms with Crippen LogP contribution in [0.4, 0.5) is 10.5 Å². The van der Waals surface area contributed by atoms with E-state index in [2.05, 4.69) is 29.1 Å². The van der Waals surface area contributed by atoms with Gasteiger partial charge < -0.3 is 25.0 Å². The highest BCUT2D eigenvalue weighted by molar-refractivity contribution is 5.90. The highest BCUT2D eigenvalue weighted by Gasteiger charge is 2.32. The molecule has 2 aliphatic rings. The lowest BCUT2D eigenvalue weighted by Gasteiger charge is -2.35. The van der Waals surface area contributed by atoms with Gasteiger partial charge in [0.2, 0.25) is 5.91 Å². The Kier molecular flexibility index (Phi) is 8.05. The minimum absolute atomic E-state index is 0.146. The van der Waals surface area contributed by atoms with E-state index in [1.165, 1.54) is 6.92 Å². The molecule has 3 atom stereocenters. The topological polar surface area (TPSA) is 85.4 Å². The molecule has 188 valence electrons. The zero-order chi connectivity index (χ0) is 24.9. The molecule has 4 rings (SSSR count). The third kappa shape index (κ3) is 6.39. The van der Waals surface area contributed by atoms with Gasteiger partial charge in [-0.2, -0.15) is 0 Å². The normalized spacial score (nSPS) is 21.0. The lowest BCUT2D eigenvalue weighted by Crippen LogP contribution is -2.46. The van der Waals surface area contributed by atoms with Crippen molar-refractivity contribution < 1.29 is 19.4 Å². The molecule has 0 spiro atoms. The quantitative estimate of drug-likeness (QED) is 0.604. The van der Waals surface area contributed by atoms with Gasteiger partial charge in [-0.3, -0.25) is 9.69 Å². The summed E-state index contributed by atoms with van der Waals surface area (Å²) in [5, 5.41) is 13.6. The molecular formula is C27H36N4O4. The Morgan fingerprint density at radius 3 is 2.26 bits per heavy atom. The summed E-state index contributed by atoms with van der Waals surface area (Å²) >= 11 is 0. The number of aliphatic hydroxyl groups is 1. The molecule has 2 heterocycles. The number of carbonyl (C=O) groups excluding carboxylic acids is 2. The van der Waals surface area contributed by atoms with Gasteiger partial charge in [-0.1, -0.05) is 43.3 Å². The average molecular weight is 481 g/mol. The van der Waals surface area contributed by atoms with Gasteiger partial charge in [0, 0.05) is 45.3 Å². The van der Waals surface area contributed by atoms with E-state index >= 15 is 0 Å². The Morgan fingerprint density at radius 1 is 1.06 bits per heavy atom. The molecule has 8 nitrogen and oxygen atoms in total. The molecule has 35 heavy (non-hydrogen) atoms. The van der Waals surface area contributed by atoms with Crippen molar-refractivity contribution in [2.75, 3.05) is 57.8 Å². The van der Waals surface area contributed by atoms with Crippen molar-refractivity contribution in [2.24, 2.45) is 5.92 Å². The number of benzene rings is 2. The monoisotopic (exact) mass is 480 g/mol. The van der Waals surface area contributed by atoms with E-state index in [0.29, 0.717) is 13.1 Å². The van der Waals surface area contributed by atoms with Crippen LogP contribution in [0, 0.1) is 5.92 Å². The van der Waals surface area contributed by atoms with Crippen LogP contribution in [0.1, 0.15) is 25.5 Å². The number of carbonyl (C=O) groups is 2. The fraction of sp³-hybridized carbons (Fsp3) is 0.481. The van der Waals surface area contributed by atoms with Crippen molar-refractivity contribution in [3.8, 4) is 11.1 Å². The number of piperazine rings is 1. The maximum absolute atomic E-state index is 12.2. The fourth-order valence-electron chi connectivity index (χ4n) is 4.67. The Bertz CT molecular complexity index is 1000. The molecule has 2 N–H and O–H groups in total. The van der Waals surface area contributed by atoms with Crippen LogP contribution >= 0.6 is 0 Å². The van der Waals surface area contributed by atoms with Crippen molar-refractivity contribution in [3.05, 3.63) is 54.1 Å². The predicted octanol–water partition coefficient (Wildman–Crippen LogP) is 2.73. The summed E-state index contributed by atoms with van der Waals surface area (Å²) in [6.45, 7) is 9.40. The number of aliphatic hydroxyl groups excluding tert-OH is 1. The number of nitrogens with zero attached hydrogens (tertiary/aromatic N) is 3. The van der Waals surface area contributed by atoms with Crippen LogP contribution in [0.25, 0.3) is 11.1 Å². The molecule has 2 aliphatic heterocycles. The molecule has 0 aliphatic carbocycles. The molecule has 0 radical (unpaired) electrons. The van der Waals surface area contributed by atoms with E-state index in [4.69, 9.17) is 4.74 Å². The standard InChI is InChI=1S/C27H36N4O4/c1-19(17-30-14-12-29(3)13-15-30)26(33)23-6-4-21(5-7-23)22-8-10-24(11-9-22)31-18-25(35-27(31)34)16-28-20(2)32/h4-11,19,25-26,33H,12-18H2,1-3H3,(H,28,32). The summed E-state index contributed by atoms with van der Waals surface area (Å²) in [5.41, 5.74) is 3.76. The number of ether oxygens (including phenoxy) is 1. The summed E-state index contributed by atoms with van der Waals surface area (Å²) < 4.78 is 5.34. The second-order valence-corrected chi connectivity index (χ2v) is 9.75. The van der Waals surface area contributed by atoms with Gasteiger partial charge in [-0.25, -0.2) is 4.79 Å². The molecule has 2 fully saturated rings. The molecule has 3 unspecified atom stereocenters. The van der Waals surface area contributed by atoms with Gasteiger partial charge in [-0.05, 0) is 41.8 Å². The molecule has 8 heteroatoms. The predicted molar refractivity (Wildman–Crippen MR) is 136 cm³/mol. The van der Waals surface area contributed by atoms with Gasteiger partial charge in [0.1, 0.15) is 6.10 Å². The van der Waals surface area contributed by atoms with Gasteiger partial charge in [0.15, 0.2) is 0 Å². The zero-order valence-electron chi connectivity index (χ0n) is 20.8. The van der Waals surface area contributed by atoms with E-state index < -0.39 is 12.2 Å². The van der Waals surface area contributed by atoms with Crippen molar-refractivity contribution in [1.82, 2.24) is 15.1 Å². The smallest absolute Gasteiger partial charge is 0.414 e. The molecule has 2 amide bonds. The summed E-state index contributed by atoms with van der Waals surface area (Å²) in [4.78, 5) is 29.7. The van der Waals surface area contributed by atoms with Crippen LogP contribution in [0.3, 0.4) is 0 Å². The van der Waals surface area contributed by atoms with Crippen molar-refractivity contribution in [3.63, 3.8) is 0 Å². The minimum atomic E-state index is -0.502. The van der Waals surface area contributed by atoms with Crippen molar-refractivity contribution >= 4 is 17.7 Å². The number of amides is 2. The molecular weight excluding hydrogens is 444 g/mol. The highest BCUT2D eigenvalue weighted by Crippen LogP contribution is 2.29. The SMILES string of the molecule is CC(=O)NCC1CN(c2ccc(-c3ccc(C(O)C(C)CN4CCN(C)CC4)cc3)cc2)C(=O)O1. The van der Waals surface area contributed by atoms with E-state index in [-0.39, 0.29) is 17.9 Å². The van der Waals surface area contributed by atoms with E-state index in [1.807, 2.05) is 48.5 Å². The Labute approximate surface area is 207 Å². The molecule has 0 saturated carbocycles. The van der Waals surface area contributed by atoms with E-state index in [0.717, 1.165) is 55.1 Å². The maximum atomic E-state index is 12.2. The molecule has 2 aromatic rings. The number of nitrogens with one attached hydrogen (secondary N) is 1. The highest BCUT2D eigenvalue weighted by atomic mass is 16.6. The molecule has 0 aromatic heterocycles. The van der Waals surface area contributed by atoms with Gasteiger partial charge in [0.05, 0.1) is 19.2 Å². The number of cyclic esters (lactones) is 1. The Hall–Kier alpha value is -2.94. The van der Waals surface area contributed by atoms with Gasteiger partial charge >= 0.3 is 6.09 Å². The Balaban J connectivity index is 1.34. The average Bonchev–Trinajstić information content (AvgIpc) is 3.24. The van der Waals surface area contributed by atoms with Crippen LogP contribution in [0.15, 0.2) is 48.5 Å². The van der Waals surface area contributed by atoms with Gasteiger partial charge in [0.25, 0.3) is 0 Å². The third-order valence-electron chi connectivity index (χ3n) is 6.90. The summed E-state index contributed by atoms with van der Waals surface area (Å²) in [5.74, 6) is 0.00473. The first kappa shape index (κ1) is 25.2. The van der Waals surface area contributed by atoms with Crippen LogP contribution < -0.4 is 10.2 Å². The van der Waals surface area contributed by atoms with E-state index in [9.17, 15) is 14.7 Å². The third-order valence-corrected chi connectivity index (χ3v) is 6.90. The summed E-state index contributed by atoms with van der Waals surface area (Å²) in [6.07, 6.45) is -1.27. The van der Waals surface area contributed by atoms with Gasteiger partial charge in [-0.15, -0.1) is 0 Å².